The highest BCUT2D eigenvalue weighted by atomic mass is 79.9. The number of benzene rings is 1. The van der Waals surface area contributed by atoms with Gasteiger partial charge in [-0.05, 0) is 35.9 Å². The number of sulfonamides is 1. The summed E-state index contributed by atoms with van der Waals surface area (Å²) in [5.41, 5.74) is 0.824. The molecule has 0 radical (unpaired) electrons. The summed E-state index contributed by atoms with van der Waals surface area (Å²) in [6, 6.07) is 4.73. The number of hydrogen-bond donors (Lipinski definition) is 1. The molecular weight excluding hydrogens is 322 g/mol. The minimum atomic E-state index is -3.69. The predicted octanol–water partition coefficient (Wildman–Crippen LogP) is 1.08. The van der Waals surface area contributed by atoms with Gasteiger partial charge in [0.2, 0.25) is 0 Å². The van der Waals surface area contributed by atoms with E-state index in [1.165, 1.54) is 10.9 Å². The summed E-state index contributed by atoms with van der Waals surface area (Å²) in [5, 5.41) is 10.9. The van der Waals surface area contributed by atoms with Gasteiger partial charge in [0.15, 0.2) is 0 Å². The zero-order chi connectivity index (χ0) is 13.3. The Balaban J connectivity index is 2.33. The average Bonchev–Trinajstić information content (AvgIpc) is 2.67. The first kappa shape index (κ1) is 13.0. The van der Waals surface area contributed by atoms with Crippen molar-refractivity contribution in [3.05, 3.63) is 28.2 Å². The van der Waals surface area contributed by atoms with Crippen LogP contribution >= 0.6 is 15.9 Å². The van der Waals surface area contributed by atoms with Gasteiger partial charge >= 0.3 is 0 Å². The molecule has 0 bridgehead atoms. The molecule has 1 N–H and O–H groups in total. The van der Waals surface area contributed by atoms with Gasteiger partial charge in [0, 0.05) is 4.47 Å². The Morgan fingerprint density at radius 2 is 2.11 bits per heavy atom. The lowest BCUT2D eigenvalue weighted by atomic mass is 10.2. The highest BCUT2D eigenvalue weighted by Crippen LogP contribution is 2.20. The fraction of sp³-hybridized carbons (Fsp3) is 0.222. The number of tetrazole rings is 1. The van der Waals surface area contributed by atoms with Crippen LogP contribution in [0.3, 0.4) is 0 Å². The average molecular weight is 332 g/mol. The lowest BCUT2D eigenvalue weighted by Crippen LogP contribution is -2.14. The fourth-order valence-electron chi connectivity index (χ4n) is 1.29. The number of nitrogens with one attached hydrogen (secondary N) is 1. The number of anilines is 1. The van der Waals surface area contributed by atoms with Crippen LogP contribution < -0.4 is 4.72 Å². The van der Waals surface area contributed by atoms with Gasteiger partial charge in [-0.2, -0.15) is 4.80 Å². The van der Waals surface area contributed by atoms with Crippen molar-refractivity contribution in [3.8, 4) is 0 Å². The number of hydrogen-bond acceptors (Lipinski definition) is 5. The Labute approximate surface area is 112 Å². The minimum Gasteiger partial charge on any atom is -0.245 e. The predicted molar refractivity (Wildman–Crippen MR) is 68.5 cm³/mol. The van der Waals surface area contributed by atoms with Crippen molar-refractivity contribution in [2.24, 2.45) is 7.05 Å². The molecule has 0 saturated carbocycles. The van der Waals surface area contributed by atoms with E-state index in [9.17, 15) is 8.42 Å². The van der Waals surface area contributed by atoms with E-state index in [1.807, 2.05) is 6.92 Å². The van der Waals surface area contributed by atoms with Crippen molar-refractivity contribution in [3.63, 3.8) is 0 Å². The summed E-state index contributed by atoms with van der Waals surface area (Å²) in [6.07, 6.45) is 0. The third kappa shape index (κ3) is 2.67. The molecule has 96 valence electrons. The molecule has 0 aliphatic carbocycles. The smallest absolute Gasteiger partial charge is 0.245 e. The molecular formula is C9H10BrN5O2S. The van der Waals surface area contributed by atoms with Crippen LogP contribution in [0.1, 0.15) is 5.56 Å². The minimum absolute atomic E-state index is 0.0573. The van der Waals surface area contributed by atoms with Crippen molar-refractivity contribution in [1.29, 1.82) is 0 Å². The van der Waals surface area contributed by atoms with Gasteiger partial charge in [-0.1, -0.05) is 21.0 Å². The summed E-state index contributed by atoms with van der Waals surface area (Å²) in [6.45, 7) is 1.81. The summed E-state index contributed by atoms with van der Waals surface area (Å²) in [4.78, 5) is 1.32. The lowest BCUT2D eigenvalue weighted by molar-refractivity contribution is 0.600. The zero-order valence-corrected chi connectivity index (χ0v) is 12.0. The van der Waals surface area contributed by atoms with Crippen molar-refractivity contribution in [2.45, 2.75) is 11.8 Å². The monoisotopic (exact) mass is 331 g/mol. The molecule has 0 saturated heterocycles. The number of aromatic nitrogens is 4. The topological polar surface area (TPSA) is 89.8 Å². The second-order valence-electron chi connectivity index (χ2n) is 3.62. The van der Waals surface area contributed by atoms with Crippen LogP contribution in [-0.2, 0) is 17.1 Å². The van der Waals surface area contributed by atoms with Gasteiger partial charge in [-0.15, -0.1) is 5.10 Å². The third-order valence-corrected chi connectivity index (χ3v) is 4.39. The largest absolute Gasteiger partial charge is 0.277 e. The quantitative estimate of drug-likeness (QED) is 0.908. The Hall–Kier alpha value is -1.48. The number of rotatable bonds is 3. The van der Waals surface area contributed by atoms with Crippen LogP contribution in [0.15, 0.2) is 27.6 Å². The SMILES string of the molecule is Cc1cc(S(=O)(=O)Nc2nnn(C)n2)ccc1Br. The van der Waals surface area contributed by atoms with Crippen molar-refractivity contribution in [2.75, 3.05) is 4.72 Å². The van der Waals surface area contributed by atoms with Crippen molar-refractivity contribution < 1.29 is 8.42 Å². The maximum Gasteiger partial charge on any atom is 0.277 e. The molecule has 2 rings (SSSR count). The maximum absolute atomic E-state index is 12.0. The Bertz CT molecular complexity index is 682. The second-order valence-corrected chi connectivity index (χ2v) is 6.16. The van der Waals surface area contributed by atoms with Gasteiger partial charge in [0.1, 0.15) is 0 Å². The van der Waals surface area contributed by atoms with Crippen LogP contribution in [0, 0.1) is 6.92 Å². The highest BCUT2D eigenvalue weighted by Gasteiger charge is 2.17. The van der Waals surface area contributed by atoms with Crippen LogP contribution in [0.25, 0.3) is 0 Å². The summed E-state index contributed by atoms with van der Waals surface area (Å²) in [7, 11) is -2.14. The Morgan fingerprint density at radius 3 is 2.67 bits per heavy atom. The van der Waals surface area contributed by atoms with Crippen LogP contribution in [0.2, 0.25) is 0 Å². The highest BCUT2D eigenvalue weighted by molar-refractivity contribution is 9.10. The molecule has 0 fully saturated rings. The van der Waals surface area contributed by atoms with Gasteiger partial charge in [-0.25, -0.2) is 13.1 Å². The van der Waals surface area contributed by atoms with Gasteiger partial charge in [0.05, 0.1) is 11.9 Å². The first-order valence-corrected chi connectivity index (χ1v) is 7.19. The van der Waals surface area contributed by atoms with E-state index in [-0.39, 0.29) is 10.8 Å². The van der Waals surface area contributed by atoms with E-state index in [0.717, 1.165) is 10.0 Å². The molecule has 1 heterocycles. The molecule has 0 unspecified atom stereocenters. The first-order chi connectivity index (χ1) is 8.38. The van der Waals surface area contributed by atoms with Gasteiger partial charge in [0.25, 0.3) is 16.0 Å². The molecule has 18 heavy (non-hydrogen) atoms. The molecule has 2 aromatic rings. The van der Waals surface area contributed by atoms with E-state index in [1.54, 1.807) is 19.2 Å². The van der Waals surface area contributed by atoms with E-state index in [2.05, 4.69) is 36.1 Å². The van der Waals surface area contributed by atoms with Crippen LogP contribution in [0.4, 0.5) is 5.95 Å². The molecule has 1 aromatic carbocycles. The maximum atomic E-state index is 12.0. The zero-order valence-electron chi connectivity index (χ0n) is 9.62. The summed E-state index contributed by atoms with van der Waals surface area (Å²) in [5.74, 6) is -0.0573. The van der Waals surface area contributed by atoms with Gasteiger partial charge in [-0.3, -0.25) is 0 Å². The molecule has 0 aliphatic heterocycles. The molecule has 9 heteroatoms. The summed E-state index contributed by atoms with van der Waals surface area (Å²) >= 11 is 3.31. The lowest BCUT2D eigenvalue weighted by Gasteiger charge is -2.05. The van der Waals surface area contributed by atoms with E-state index in [0.29, 0.717) is 0 Å². The van der Waals surface area contributed by atoms with Crippen molar-refractivity contribution >= 4 is 31.9 Å². The van der Waals surface area contributed by atoms with Gasteiger partial charge < -0.3 is 0 Å². The van der Waals surface area contributed by atoms with E-state index in [4.69, 9.17) is 0 Å². The fourth-order valence-corrected chi connectivity index (χ4v) is 2.55. The van der Waals surface area contributed by atoms with Crippen LogP contribution in [-0.4, -0.2) is 28.6 Å². The Morgan fingerprint density at radius 1 is 1.39 bits per heavy atom. The molecule has 1 aromatic heterocycles. The Kier molecular flexibility index (Phi) is 3.35. The standard InChI is InChI=1S/C9H10BrN5O2S/c1-6-5-7(3-4-8(6)10)18(16,17)13-9-11-14-15(2)12-9/h3-5H,1-2H3,(H,12,13). The number of halogens is 1. The molecule has 0 aliphatic rings. The first-order valence-electron chi connectivity index (χ1n) is 4.91. The normalized spacial score (nSPS) is 11.5. The van der Waals surface area contributed by atoms with E-state index >= 15 is 0 Å². The molecule has 0 amide bonds. The molecule has 0 atom stereocenters. The van der Waals surface area contributed by atoms with Crippen molar-refractivity contribution in [1.82, 2.24) is 20.2 Å². The third-order valence-electron chi connectivity index (χ3n) is 2.17. The number of nitrogens with zero attached hydrogens (tertiary/aromatic N) is 4. The van der Waals surface area contributed by atoms with Crippen LogP contribution in [0.5, 0.6) is 0 Å². The van der Waals surface area contributed by atoms with E-state index < -0.39 is 10.0 Å². The molecule has 0 spiro atoms. The second kappa shape index (κ2) is 4.65. The number of aryl methyl sites for hydroxylation is 2. The summed E-state index contributed by atoms with van der Waals surface area (Å²) < 4.78 is 27.2. The molecule has 7 nitrogen and oxygen atoms in total.